The minimum atomic E-state index is -0.421. The predicted molar refractivity (Wildman–Crippen MR) is 122 cm³/mol. The summed E-state index contributed by atoms with van der Waals surface area (Å²) in [6.45, 7) is 1.88. The lowest BCUT2D eigenvalue weighted by molar-refractivity contribution is 0.0929. The summed E-state index contributed by atoms with van der Waals surface area (Å²) in [6, 6.07) is 17.1. The van der Waals surface area contributed by atoms with Gasteiger partial charge < -0.3 is 5.32 Å². The monoisotopic (exact) mass is 459 g/mol. The van der Waals surface area contributed by atoms with E-state index < -0.39 is 11.7 Å². The molecule has 3 heterocycles. The molecule has 0 aliphatic carbocycles. The number of nitrogens with zero attached hydrogens (tertiary/aromatic N) is 6. The van der Waals surface area contributed by atoms with Gasteiger partial charge in [0.15, 0.2) is 5.82 Å². The molecule has 2 aromatic carbocycles. The summed E-state index contributed by atoms with van der Waals surface area (Å²) in [6.07, 6.45) is 3.09. The van der Waals surface area contributed by atoms with Crippen LogP contribution >= 0.6 is 11.3 Å². The summed E-state index contributed by atoms with van der Waals surface area (Å²) in [7, 11) is 0. The van der Waals surface area contributed by atoms with E-state index in [0.717, 1.165) is 16.1 Å². The van der Waals surface area contributed by atoms with Crippen LogP contribution in [-0.2, 0) is 0 Å². The van der Waals surface area contributed by atoms with E-state index in [0.29, 0.717) is 11.5 Å². The van der Waals surface area contributed by atoms with E-state index >= 15 is 0 Å². The number of halogens is 1. The second-order valence-corrected chi connectivity index (χ2v) is 8.20. The Bertz CT molecular complexity index is 1380. The summed E-state index contributed by atoms with van der Waals surface area (Å²) in [5.41, 5.74) is 2.27. The zero-order chi connectivity index (χ0) is 22.8. The number of amides is 1. The number of aromatic nitrogens is 6. The van der Waals surface area contributed by atoms with E-state index in [1.807, 2.05) is 48.7 Å². The molecular weight excluding hydrogens is 441 g/mol. The first-order chi connectivity index (χ1) is 16.1. The molecule has 0 aliphatic heterocycles. The second-order valence-electron chi connectivity index (χ2n) is 7.25. The largest absolute Gasteiger partial charge is 0.343 e. The van der Waals surface area contributed by atoms with Crippen molar-refractivity contribution in [3.63, 3.8) is 0 Å². The van der Waals surface area contributed by atoms with Gasteiger partial charge in [-0.3, -0.25) is 4.79 Å². The summed E-state index contributed by atoms with van der Waals surface area (Å²) in [5.74, 6) is -0.329. The van der Waals surface area contributed by atoms with Gasteiger partial charge in [-0.15, -0.1) is 16.4 Å². The molecule has 8 nitrogen and oxygen atoms in total. The molecule has 164 valence electrons. The highest BCUT2D eigenvalue weighted by molar-refractivity contribution is 7.13. The Hall–Kier alpha value is -4.18. The molecular formula is C23H18FN7OS. The first-order valence-electron chi connectivity index (χ1n) is 10.1. The van der Waals surface area contributed by atoms with E-state index in [9.17, 15) is 9.18 Å². The third-order valence-electron chi connectivity index (χ3n) is 5.03. The molecule has 0 radical (unpaired) electrons. The molecule has 33 heavy (non-hydrogen) atoms. The van der Waals surface area contributed by atoms with Gasteiger partial charge in [0, 0.05) is 0 Å². The van der Waals surface area contributed by atoms with Crippen LogP contribution in [0.15, 0.2) is 78.7 Å². The maximum absolute atomic E-state index is 13.8. The van der Waals surface area contributed by atoms with Crippen molar-refractivity contribution in [3.8, 4) is 22.1 Å². The van der Waals surface area contributed by atoms with Crippen LogP contribution in [0.2, 0.25) is 0 Å². The van der Waals surface area contributed by atoms with Gasteiger partial charge in [-0.25, -0.2) is 23.7 Å². The Morgan fingerprint density at radius 1 is 1.09 bits per heavy atom. The van der Waals surface area contributed by atoms with Crippen LogP contribution in [0.5, 0.6) is 0 Å². The first-order valence-corrected chi connectivity index (χ1v) is 11.0. The Morgan fingerprint density at radius 3 is 2.64 bits per heavy atom. The van der Waals surface area contributed by atoms with Crippen molar-refractivity contribution in [1.82, 2.24) is 34.8 Å². The quantitative estimate of drug-likeness (QED) is 0.411. The van der Waals surface area contributed by atoms with Crippen LogP contribution < -0.4 is 5.32 Å². The van der Waals surface area contributed by atoms with Crippen LogP contribution in [0.4, 0.5) is 4.39 Å². The normalized spacial score (nSPS) is 11.9. The van der Waals surface area contributed by atoms with E-state index in [-0.39, 0.29) is 11.9 Å². The zero-order valence-corrected chi connectivity index (χ0v) is 18.3. The van der Waals surface area contributed by atoms with Gasteiger partial charge in [-0.2, -0.15) is 5.10 Å². The third-order valence-corrected chi connectivity index (χ3v) is 5.89. The highest BCUT2D eigenvalue weighted by atomic mass is 32.1. The molecule has 1 unspecified atom stereocenters. The minimum Gasteiger partial charge on any atom is -0.343 e. The van der Waals surface area contributed by atoms with Crippen LogP contribution in [0.25, 0.3) is 22.1 Å². The molecule has 5 aromatic rings. The van der Waals surface area contributed by atoms with Gasteiger partial charge in [0.1, 0.15) is 18.5 Å². The highest BCUT2D eigenvalue weighted by Gasteiger charge is 2.21. The fraction of sp³-hybridized carbons (Fsp3) is 0.0870. The van der Waals surface area contributed by atoms with Gasteiger partial charge in [0.25, 0.3) is 5.91 Å². The molecule has 0 saturated carbocycles. The fourth-order valence-corrected chi connectivity index (χ4v) is 4.06. The molecule has 0 spiro atoms. The van der Waals surface area contributed by atoms with Gasteiger partial charge in [0.05, 0.1) is 22.3 Å². The third kappa shape index (κ3) is 4.28. The van der Waals surface area contributed by atoms with Gasteiger partial charge in [-0.1, -0.05) is 24.3 Å². The molecule has 10 heteroatoms. The summed E-state index contributed by atoms with van der Waals surface area (Å²) < 4.78 is 17.0. The van der Waals surface area contributed by atoms with Gasteiger partial charge in [-0.05, 0) is 54.3 Å². The number of benzene rings is 2. The van der Waals surface area contributed by atoms with E-state index in [1.165, 1.54) is 34.5 Å². The molecule has 1 N–H and O–H groups in total. The lowest BCUT2D eigenvalue weighted by Crippen LogP contribution is -2.27. The zero-order valence-electron chi connectivity index (χ0n) is 17.5. The Labute approximate surface area is 192 Å². The van der Waals surface area contributed by atoms with Crippen LogP contribution in [0, 0.1) is 5.82 Å². The summed E-state index contributed by atoms with van der Waals surface area (Å²) in [5, 5.41) is 13.3. The van der Waals surface area contributed by atoms with Crippen molar-refractivity contribution in [3.05, 3.63) is 95.9 Å². The molecule has 0 bridgehead atoms. The number of carbonyl (C=O) groups excluding carboxylic acids is 1. The van der Waals surface area contributed by atoms with Crippen molar-refractivity contribution in [1.29, 1.82) is 0 Å². The number of rotatable bonds is 6. The second kappa shape index (κ2) is 8.75. The van der Waals surface area contributed by atoms with Crippen LogP contribution in [-0.4, -0.2) is 35.4 Å². The number of nitrogens with one attached hydrogen (secondary N) is 1. The molecule has 0 saturated heterocycles. The smallest absolute Gasteiger partial charge is 0.291 e. The Balaban J connectivity index is 1.40. The molecule has 3 aromatic heterocycles. The fourth-order valence-electron chi connectivity index (χ4n) is 3.36. The van der Waals surface area contributed by atoms with E-state index in [2.05, 4.69) is 25.5 Å². The van der Waals surface area contributed by atoms with E-state index in [1.54, 1.807) is 23.1 Å². The van der Waals surface area contributed by atoms with Crippen molar-refractivity contribution < 1.29 is 9.18 Å². The van der Waals surface area contributed by atoms with Gasteiger partial charge >= 0.3 is 0 Å². The van der Waals surface area contributed by atoms with Crippen molar-refractivity contribution in [2.45, 2.75) is 13.0 Å². The SMILES string of the molecule is CC(NC(=O)c1nc(-c2cccs2)n(-c2cccc(F)c2)n1)c1ccc(-n2cncn2)cc1. The predicted octanol–water partition coefficient (Wildman–Crippen LogP) is 4.21. The average molecular weight is 460 g/mol. The summed E-state index contributed by atoms with van der Waals surface area (Å²) >= 11 is 1.46. The van der Waals surface area contributed by atoms with Crippen LogP contribution in [0.1, 0.15) is 29.1 Å². The Morgan fingerprint density at radius 2 is 1.94 bits per heavy atom. The van der Waals surface area contributed by atoms with E-state index in [4.69, 9.17) is 0 Å². The molecule has 5 rings (SSSR count). The average Bonchev–Trinajstić information content (AvgIpc) is 3.60. The standard InChI is InChI=1S/C23H18FN7OS/c1-15(16-7-9-18(10-8-16)30-14-25-13-26-30)27-23(32)21-28-22(20-6-3-11-33-20)31(29-21)19-5-2-4-17(24)12-19/h2-15H,1H3,(H,27,32). The maximum atomic E-state index is 13.8. The molecule has 0 fully saturated rings. The van der Waals surface area contributed by atoms with Crippen molar-refractivity contribution >= 4 is 17.2 Å². The van der Waals surface area contributed by atoms with Crippen molar-refractivity contribution in [2.75, 3.05) is 0 Å². The minimum absolute atomic E-state index is 0.00810. The highest BCUT2D eigenvalue weighted by Crippen LogP contribution is 2.26. The molecule has 1 amide bonds. The van der Waals surface area contributed by atoms with Gasteiger partial charge in [0.2, 0.25) is 5.82 Å². The molecule has 0 aliphatic rings. The van der Waals surface area contributed by atoms with Crippen LogP contribution in [0.3, 0.4) is 0 Å². The number of hydrogen-bond acceptors (Lipinski definition) is 6. The topological polar surface area (TPSA) is 90.5 Å². The first kappa shape index (κ1) is 20.7. The number of carbonyl (C=O) groups is 1. The van der Waals surface area contributed by atoms with Crippen molar-refractivity contribution in [2.24, 2.45) is 0 Å². The lowest BCUT2D eigenvalue weighted by Gasteiger charge is -2.13. The summed E-state index contributed by atoms with van der Waals surface area (Å²) in [4.78, 5) is 22.2. The maximum Gasteiger partial charge on any atom is 0.291 e. The number of hydrogen-bond donors (Lipinski definition) is 1. The molecule has 1 atom stereocenters. The lowest BCUT2D eigenvalue weighted by atomic mass is 10.1. The number of thiophene rings is 1. The Kier molecular flexibility index (Phi) is 5.49.